The predicted octanol–water partition coefficient (Wildman–Crippen LogP) is 2.78. The largest absolute Gasteiger partial charge is 0.459 e. The first-order valence-electron chi connectivity index (χ1n) is 6.91. The minimum absolute atomic E-state index is 0.0695. The number of ether oxygens (including phenoxy) is 1. The summed E-state index contributed by atoms with van der Waals surface area (Å²) in [7, 11) is 0. The highest BCUT2D eigenvalue weighted by molar-refractivity contribution is 5.76. The zero-order valence-electron chi connectivity index (χ0n) is 11.3. The molecule has 2 fully saturated rings. The molecule has 0 radical (unpaired) electrons. The van der Waals surface area contributed by atoms with Crippen molar-refractivity contribution in [1.82, 2.24) is 5.32 Å². The van der Waals surface area contributed by atoms with Crippen LogP contribution in [0, 0.1) is 0 Å². The third kappa shape index (κ3) is 3.21. The first-order chi connectivity index (χ1) is 7.90. The Morgan fingerprint density at radius 1 is 1.18 bits per heavy atom. The molecule has 0 amide bonds. The van der Waals surface area contributed by atoms with Gasteiger partial charge in [-0.2, -0.15) is 0 Å². The molecule has 1 saturated carbocycles. The average Bonchev–Trinajstić information content (AvgIpc) is 2.61. The van der Waals surface area contributed by atoms with Crippen LogP contribution in [0.4, 0.5) is 0 Å². The summed E-state index contributed by atoms with van der Waals surface area (Å²) in [5, 5.41) is 3.55. The lowest BCUT2D eigenvalue weighted by atomic mass is 9.81. The smallest absolute Gasteiger partial charge is 0.323 e. The molecule has 2 aliphatic rings. The number of carbonyl (C=O) groups is 1. The van der Waals surface area contributed by atoms with Gasteiger partial charge in [0.25, 0.3) is 0 Å². The summed E-state index contributed by atoms with van der Waals surface area (Å²) in [5.41, 5.74) is -0.124. The first kappa shape index (κ1) is 12.9. The van der Waals surface area contributed by atoms with E-state index in [1.807, 2.05) is 20.8 Å². The van der Waals surface area contributed by atoms with E-state index in [4.69, 9.17) is 4.74 Å². The lowest BCUT2D eigenvalue weighted by Crippen LogP contribution is -2.48. The predicted molar refractivity (Wildman–Crippen MR) is 67.8 cm³/mol. The minimum Gasteiger partial charge on any atom is -0.459 e. The number of hydrogen-bond acceptors (Lipinski definition) is 3. The Morgan fingerprint density at radius 3 is 2.41 bits per heavy atom. The van der Waals surface area contributed by atoms with Gasteiger partial charge in [0.15, 0.2) is 0 Å². The molecule has 1 unspecified atom stereocenters. The fourth-order valence-corrected chi connectivity index (χ4v) is 3.11. The standard InChI is InChI=1S/C14H25NO2/c1-13(2,3)17-12(16)11-7-10-14(15-11)8-5-4-6-9-14/h11,15H,4-10H2,1-3H3. The van der Waals surface area contributed by atoms with Gasteiger partial charge in [-0.05, 0) is 46.5 Å². The van der Waals surface area contributed by atoms with E-state index in [2.05, 4.69) is 5.32 Å². The topological polar surface area (TPSA) is 38.3 Å². The Kier molecular flexibility index (Phi) is 3.48. The van der Waals surface area contributed by atoms with Crippen LogP contribution in [0.15, 0.2) is 0 Å². The van der Waals surface area contributed by atoms with Crippen LogP contribution in [-0.2, 0) is 9.53 Å². The number of esters is 1. The summed E-state index contributed by atoms with van der Waals surface area (Å²) in [6.45, 7) is 5.78. The van der Waals surface area contributed by atoms with Crippen molar-refractivity contribution in [3.8, 4) is 0 Å². The van der Waals surface area contributed by atoms with Gasteiger partial charge in [0.2, 0.25) is 0 Å². The normalized spacial score (nSPS) is 28.3. The Morgan fingerprint density at radius 2 is 1.82 bits per heavy atom. The maximum atomic E-state index is 12.0. The van der Waals surface area contributed by atoms with Gasteiger partial charge in [0, 0.05) is 5.54 Å². The first-order valence-corrected chi connectivity index (χ1v) is 6.91. The van der Waals surface area contributed by atoms with Crippen molar-refractivity contribution >= 4 is 5.97 Å². The number of rotatable bonds is 1. The molecular weight excluding hydrogens is 214 g/mol. The van der Waals surface area contributed by atoms with E-state index in [1.165, 1.54) is 32.1 Å². The van der Waals surface area contributed by atoms with E-state index in [1.54, 1.807) is 0 Å². The highest BCUT2D eigenvalue weighted by Crippen LogP contribution is 2.37. The van der Waals surface area contributed by atoms with Gasteiger partial charge in [0.1, 0.15) is 11.6 Å². The molecule has 1 N–H and O–H groups in total. The van der Waals surface area contributed by atoms with Crippen molar-refractivity contribution in [2.45, 2.75) is 82.9 Å². The summed E-state index contributed by atoms with van der Waals surface area (Å²) in [5.74, 6) is -0.0695. The highest BCUT2D eigenvalue weighted by Gasteiger charge is 2.42. The van der Waals surface area contributed by atoms with Gasteiger partial charge < -0.3 is 4.74 Å². The maximum absolute atomic E-state index is 12.0. The second-order valence-corrected chi connectivity index (χ2v) is 6.61. The van der Waals surface area contributed by atoms with Crippen LogP contribution in [0.5, 0.6) is 0 Å². The minimum atomic E-state index is -0.374. The summed E-state index contributed by atoms with van der Waals surface area (Å²) in [4.78, 5) is 12.0. The Labute approximate surface area is 104 Å². The molecule has 3 nitrogen and oxygen atoms in total. The highest BCUT2D eigenvalue weighted by atomic mass is 16.6. The number of hydrogen-bond donors (Lipinski definition) is 1. The lowest BCUT2D eigenvalue weighted by molar-refractivity contribution is -0.157. The monoisotopic (exact) mass is 239 g/mol. The molecular formula is C14H25NO2. The van der Waals surface area contributed by atoms with Gasteiger partial charge in [-0.1, -0.05) is 19.3 Å². The zero-order valence-corrected chi connectivity index (χ0v) is 11.3. The van der Waals surface area contributed by atoms with Crippen LogP contribution in [0.3, 0.4) is 0 Å². The molecule has 0 aromatic rings. The molecule has 3 heteroatoms. The number of carbonyl (C=O) groups excluding carboxylic acids is 1. The Hall–Kier alpha value is -0.570. The van der Waals surface area contributed by atoms with Crippen molar-refractivity contribution < 1.29 is 9.53 Å². The summed E-state index contributed by atoms with van der Waals surface area (Å²) >= 11 is 0. The zero-order chi connectivity index (χ0) is 12.5. The van der Waals surface area contributed by atoms with E-state index in [9.17, 15) is 4.79 Å². The fraction of sp³-hybridized carbons (Fsp3) is 0.929. The van der Waals surface area contributed by atoms with Crippen LogP contribution < -0.4 is 5.32 Å². The molecule has 1 saturated heterocycles. The van der Waals surface area contributed by atoms with E-state index in [0.717, 1.165) is 12.8 Å². The maximum Gasteiger partial charge on any atom is 0.323 e. The SMILES string of the molecule is CC(C)(C)OC(=O)C1CCC2(CCCCC2)N1. The van der Waals surface area contributed by atoms with Crippen LogP contribution >= 0.6 is 0 Å². The van der Waals surface area contributed by atoms with Crippen molar-refractivity contribution in [2.24, 2.45) is 0 Å². The summed E-state index contributed by atoms with van der Waals surface area (Å²) in [6, 6.07) is -0.0766. The molecule has 98 valence electrons. The second kappa shape index (κ2) is 4.60. The molecule has 1 aliphatic heterocycles. The van der Waals surface area contributed by atoms with Crippen molar-refractivity contribution in [1.29, 1.82) is 0 Å². The average molecular weight is 239 g/mol. The van der Waals surface area contributed by atoms with Crippen molar-refractivity contribution in [2.75, 3.05) is 0 Å². The quantitative estimate of drug-likeness (QED) is 0.715. The van der Waals surface area contributed by atoms with Gasteiger partial charge in [-0.3, -0.25) is 10.1 Å². The second-order valence-electron chi connectivity index (χ2n) is 6.61. The molecule has 1 aliphatic carbocycles. The summed E-state index contributed by atoms with van der Waals surface area (Å²) in [6.07, 6.45) is 8.48. The van der Waals surface area contributed by atoms with E-state index < -0.39 is 0 Å². The molecule has 0 aromatic carbocycles. The van der Waals surface area contributed by atoms with Gasteiger partial charge >= 0.3 is 5.97 Å². The van der Waals surface area contributed by atoms with Gasteiger partial charge in [-0.15, -0.1) is 0 Å². The molecule has 1 spiro atoms. The summed E-state index contributed by atoms with van der Waals surface area (Å²) < 4.78 is 5.45. The Bertz CT molecular complexity index is 287. The van der Waals surface area contributed by atoms with Gasteiger partial charge in [0.05, 0.1) is 0 Å². The lowest BCUT2D eigenvalue weighted by Gasteiger charge is -2.34. The third-order valence-corrected chi connectivity index (χ3v) is 3.89. The molecule has 1 heterocycles. The molecule has 17 heavy (non-hydrogen) atoms. The molecule has 2 rings (SSSR count). The van der Waals surface area contributed by atoms with Crippen molar-refractivity contribution in [3.05, 3.63) is 0 Å². The van der Waals surface area contributed by atoms with Crippen LogP contribution in [0.25, 0.3) is 0 Å². The molecule has 0 aromatic heterocycles. The van der Waals surface area contributed by atoms with Crippen molar-refractivity contribution in [3.63, 3.8) is 0 Å². The van der Waals surface area contributed by atoms with Crippen LogP contribution in [0.2, 0.25) is 0 Å². The third-order valence-electron chi connectivity index (χ3n) is 3.89. The van der Waals surface area contributed by atoms with E-state index in [0.29, 0.717) is 0 Å². The number of nitrogens with one attached hydrogen (secondary N) is 1. The Balaban J connectivity index is 1.91. The van der Waals surface area contributed by atoms with E-state index in [-0.39, 0.29) is 23.2 Å². The van der Waals surface area contributed by atoms with E-state index >= 15 is 0 Å². The van der Waals surface area contributed by atoms with Crippen LogP contribution in [0.1, 0.15) is 65.7 Å². The van der Waals surface area contributed by atoms with Crippen LogP contribution in [-0.4, -0.2) is 23.2 Å². The molecule has 1 atom stereocenters. The fourth-order valence-electron chi connectivity index (χ4n) is 3.11. The molecule has 0 bridgehead atoms. The van der Waals surface area contributed by atoms with Gasteiger partial charge in [-0.25, -0.2) is 0 Å².